The molecule has 0 bridgehead atoms. The fourth-order valence-corrected chi connectivity index (χ4v) is 3.02. The summed E-state index contributed by atoms with van der Waals surface area (Å²) in [6.45, 7) is 8.34. The zero-order chi connectivity index (χ0) is 18.4. The van der Waals surface area contributed by atoms with Crippen molar-refractivity contribution in [3.8, 4) is 0 Å². The molecule has 25 heavy (non-hydrogen) atoms. The van der Waals surface area contributed by atoms with Gasteiger partial charge in [0.25, 0.3) is 0 Å². The van der Waals surface area contributed by atoms with Crippen LogP contribution in [-0.2, 0) is 0 Å². The number of nitrogens with zero attached hydrogens (tertiary/aromatic N) is 2. The lowest BCUT2D eigenvalue weighted by Gasteiger charge is -2.32. The van der Waals surface area contributed by atoms with E-state index in [9.17, 15) is 0 Å². The number of hydrogen-bond donors (Lipinski definition) is 2. The van der Waals surface area contributed by atoms with Crippen LogP contribution in [0.2, 0.25) is 0 Å². The number of nitrogens with one attached hydrogen (secondary N) is 2. The summed E-state index contributed by atoms with van der Waals surface area (Å²) in [6, 6.07) is 10.7. The molecule has 1 heterocycles. The average molecular weight is 358 g/mol. The van der Waals surface area contributed by atoms with Gasteiger partial charge in [-0.1, -0.05) is 6.07 Å². The fraction of sp³-hybridized carbons (Fsp3) is 0.400. The molecule has 0 aliphatic rings. The Morgan fingerprint density at radius 1 is 1.16 bits per heavy atom. The van der Waals surface area contributed by atoms with Gasteiger partial charge in [0.2, 0.25) is 0 Å². The molecule has 0 spiro atoms. The molecule has 1 atom stereocenters. The Kier molecular flexibility index (Phi) is 6.91. The topological polar surface area (TPSA) is 32.6 Å². The molecule has 0 amide bonds. The highest BCUT2D eigenvalue weighted by molar-refractivity contribution is 7.80. The largest absolute Gasteiger partial charge is 0.338 e. The van der Waals surface area contributed by atoms with Gasteiger partial charge in [0.1, 0.15) is 0 Å². The van der Waals surface area contributed by atoms with Crippen LogP contribution in [0.1, 0.15) is 29.7 Å². The minimum Gasteiger partial charge on any atom is -0.338 e. The van der Waals surface area contributed by atoms with Gasteiger partial charge in [-0.15, -0.1) is 0 Å². The number of aryl methyl sites for hydroxylation is 2. The lowest BCUT2D eigenvalue weighted by Crippen LogP contribution is -3.06. The van der Waals surface area contributed by atoms with Crippen LogP contribution in [0.15, 0.2) is 42.7 Å². The smallest absolute Gasteiger partial charge is 0.174 e. The van der Waals surface area contributed by atoms with E-state index in [2.05, 4.69) is 80.4 Å². The molecular weight excluding hydrogens is 328 g/mol. The van der Waals surface area contributed by atoms with Gasteiger partial charge in [-0.2, -0.15) is 0 Å². The second-order valence-corrected chi connectivity index (χ2v) is 7.22. The lowest BCUT2D eigenvalue weighted by molar-refractivity contribution is -0.857. The Bertz CT molecular complexity index is 700. The van der Waals surface area contributed by atoms with Crippen LogP contribution in [-0.4, -0.2) is 42.2 Å². The van der Waals surface area contributed by atoms with Crippen molar-refractivity contribution >= 4 is 23.0 Å². The predicted octanol–water partition coefficient (Wildman–Crippen LogP) is 2.60. The number of benzene rings is 1. The second-order valence-electron chi connectivity index (χ2n) is 6.84. The highest BCUT2D eigenvalue weighted by Crippen LogP contribution is 2.21. The summed E-state index contributed by atoms with van der Waals surface area (Å²) >= 11 is 5.75. The van der Waals surface area contributed by atoms with Gasteiger partial charge in [-0.25, -0.2) is 0 Å². The summed E-state index contributed by atoms with van der Waals surface area (Å²) in [5.41, 5.74) is 4.80. The Hall–Kier alpha value is -1.98. The van der Waals surface area contributed by atoms with Crippen molar-refractivity contribution in [1.29, 1.82) is 0 Å². The molecule has 4 nitrogen and oxygen atoms in total. The van der Waals surface area contributed by atoms with Crippen molar-refractivity contribution in [2.24, 2.45) is 0 Å². The number of anilines is 1. The van der Waals surface area contributed by atoms with E-state index in [0.29, 0.717) is 0 Å². The van der Waals surface area contributed by atoms with Gasteiger partial charge in [0.15, 0.2) is 5.11 Å². The maximum atomic E-state index is 5.75. The average Bonchev–Trinajstić information content (AvgIpc) is 2.58. The van der Waals surface area contributed by atoms with Crippen LogP contribution >= 0.6 is 12.2 Å². The SMILES string of the molecule is Cc1ccc(NC(=S)N(CC[NH+](C)C)C(C)c2ccncc2)cc1C. The molecule has 0 aliphatic heterocycles. The number of aromatic nitrogens is 1. The van der Waals surface area contributed by atoms with Gasteiger partial charge in [0, 0.05) is 18.1 Å². The monoisotopic (exact) mass is 357 g/mol. The van der Waals surface area contributed by atoms with Crippen molar-refractivity contribution in [3.05, 3.63) is 59.4 Å². The third-order valence-electron chi connectivity index (χ3n) is 4.53. The Morgan fingerprint density at radius 3 is 2.44 bits per heavy atom. The first-order valence-electron chi connectivity index (χ1n) is 8.72. The summed E-state index contributed by atoms with van der Waals surface area (Å²) in [4.78, 5) is 7.78. The van der Waals surface area contributed by atoms with Gasteiger partial charge in [-0.05, 0) is 73.9 Å². The molecule has 0 fully saturated rings. The highest BCUT2D eigenvalue weighted by Gasteiger charge is 2.20. The Labute approximate surface area is 156 Å². The minimum absolute atomic E-state index is 0.189. The molecule has 0 saturated heterocycles. The van der Waals surface area contributed by atoms with Crippen molar-refractivity contribution in [3.63, 3.8) is 0 Å². The van der Waals surface area contributed by atoms with Crippen molar-refractivity contribution in [2.45, 2.75) is 26.8 Å². The summed E-state index contributed by atoms with van der Waals surface area (Å²) in [5.74, 6) is 0. The Morgan fingerprint density at radius 2 is 1.84 bits per heavy atom. The van der Waals surface area contributed by atoms with E-state index < -0.39 is 0 Å². The van der Waals surface area contributed by atoms with Crippen molar-refractivity contribution < 1.29 is 4.90 Å². The van der Waals surface area contributed by atoms with E-state index in [4.69, 9.17) is 12.2 Å². The van der Waals surface area contributed by atoms with Crippen molar-refractivity contribution in [1.82, 2.24) is 9.88 Å². The highest BCUT2D eigenvalue weighted by atomic mass is 32.1. The van der Waals surface area contributed by atoms with Crippen LogP contribution in [0.25, 0.3) is 0 Å². The number of likely N-dealkylation sites (N-methyl/N-ethyl adjacent to an activating group) is 1. The van der Waals surface area contributed by atoms with Crippen molar-refractivity contribution in [2.75, 3.05) is 32.5 Å². The van der Waals surface area contributed by atoms with E-state index in [1.807, 2.05) is 12.4 Å². The number of rotatable bonds is 6. The zero-order valence-corrected chi connectivity index (χ0v) is 16.7. The molecule has 0 radical (unpaired) electrons. The number of thiocarbonyl (C=S) groups is 1. The summed E-state index contributed by atoms with van der Waals surface area (Å²) in [6.07, 6.45) is 3.67. The second kappa shape index (κ2) is 8.92. The van der Waals surface area contributed by atoms with E-state index in [1.54, 1.807) is 0 Å². The quantitative estimate of drug-likeness (QED) is 0.779. The molecule has 0 saturated carbocycles. The zero-order valence-electron chi connectivity index (χ0n) is 15.8. The first-order valence-corrected chi connectivity index (χ1v) is 9.13. The molecule has 2 N–H and O–H groups in total. The molecule has 1 aromatic carbocycles. The van der Waals surface area contributed by atoms with E-state index in [-0.39, 0.29) is 6.04 Å². The summed E-state index contributed by atoms with van der Waals surface area (Å²) < 4.78 is 0. The molecule has 5 heteroatoms. The third kappa shape index (κ3) is 5.51. The summed E-state index contributed by atoms with van der Waals surface area (Å²) in [7, 11) is 4.32. The molecule has 1 aromatic heterocycles. The molecule has 0 aliphatic carbocycles. The first-order chi connectivity index (χ1) is 11.9. The molecular formula is C20H29N4S+. The van der Waals surface area contributed by atoms with E-state index in [1.165, 1.54) is 21.6 Å². The van der Waals surface area contributed by atoms with Crippen LogP contribution < -0.4 is 10.2 Å². The van der Waals surface area contributed by atoms with E-state index >= 15 is 0 Å². The third-order valence-corrected chi connectivity index (χ3v) is 4.86. The van der Waals surface area contributed by atoms with Crippen LogP contribution in [0.5, 0.6) is 0 Å². The van der Waals surface area contributed by atoms with Gasteiger partial charge >= 0.3 is 0 Å². The first kappa shape index (κ1) is 19.3. The normalized spacial score (nSPS) is 12.1. The van der Waals surface area contributed by atoms with Crippen LogP contribution in [0.4, 0.5) is 5.69 Å². The molecule has 2 aromatic rings. The molecule has 2 rings (SSSR count). The summed E-state index contributed by atoms with van der Waals surface area (Å²) in [5, 5.41) is 4.18. The molecule has 1 unspecified atom stereocenters. The molecule has 134 valence electrons. The lowest BCUT2D eigenvalue weighted by atomic mass is 10.1. The van der Waals surface area contributed by atoms with Crippen LogP contribution in [0.3, 0.4) is 0 Å². The predicted molar refractivity (Wildman–Crippen MR) is 109 cm³/mol. The standard InChI is InChI=1S/C20H28N4S/c1-15-6-7-19(14-16(15)2)22-20(25)24(13-12-23(4)5)17(3)18-8-10-21-11-9-18/h6-11,14,17H,12-13H2,1-5H3,(H,22,25)/p+1. The maximum Gasteiger partial charge on any atom is 0.174 e. The minimum atomic E-state index is 0.189. The van der Waals surface area contributed by atoms with Gasteiger partial charge in [-0.3, -0.25) is 4.98 Å². The number of quaternary nitrogens is 1. The van der Waals surface area contributed by atoms with Crippen LogP contribution in [0, 0.1) is 13.8 Å². The number of pyridine rings is 1. The Balaban J connectivity index is 2.18. The van der Waals surface area contributed by atoms with Gasteiger partial charge in [0.05, 0.1) is 33.2 Å². The number of hydrogen-bond acceptors (Lipinski definition) is 2. The maximum absolute atomic E-state index is 5.75. The van der Waals surface area contributed by atoms with Gasteiger partial charge < -0.3 is 15.1 Å². The fourth-order valence-electron chi connectivity index (χ4n) is 2.65. The van der Waals surface area contributed by atoms with E-state index in [0.717, 1.165) is 23.9 Å².